The summed E-state index contributed by atoms with van der Waals surface area (Å²) in [5.41, 5.74) is 5.30. The molecule has 0 amide bonds. The molecule has 1 heterocycles. The number of phenols is 1. The lowest BCUT2D eigenvalue weighted by atomic mass is 9.93. The third kappa shape index (κ3) is 3.78. The highest BCUT2D eigenvalue weighted by atomic mass is 16.5. The standard InChI is InChI=1S/C24H24N2O2/c1-16-7-9-18(10-8-16)24-25-21(17-11-13-19(28-2)14-12-17)15-22(26-24)20-5-3-4-6-23(20)27/h3-14,22,24,26-27H,15H2,1-2H3. The van der Waals surface area contributed by atoms with Crippen LogP contribution in [0.5, 0.6) is 11.5 Å². The molecule has 0 saturated carbocycles. The number of nitrogens with zero attached hydrogens (tertiary/aromatic N) is 1. The number of rotatable bonds is 4. The smallest absolute Gasteiger partial charge is 0.126 e. The third-order valence-electron chi connectivity index (χ3n) is 5.17. The Bertz CT molecular complexity index is 978. The fraction of sp³-hybridized carbons (Fsp3) is 0.208. The first-order chi connectivity index (χ1) is 13.6. The van der Waals surface area contributed by atoms with Gasteiger partial charge in [-0.15, -0.1) is 0 Å². The van der Waals surface area contributed by atoms with Crippen molar-refractivity contribution in [3.8, 4) is 11.5 Å². The molecule has 0 aliphatic carbocycles. The molecule has 4 rings (SSSR count). The Morgan fingerprint density at radius 3 is 2.36 bits per heavy atom. The maximum atomic E-state index is 10.4. The molecule has 0 bridgehead atoms. The van der Waals surface area contributed by atoms with Gasteiger partial charge in [-0.3, -0.25) is 10.3 Å². The van der Waals surface area contributed by atoms with Crippen LogP contribution in [0, 0.1) is 6.92 Å². The van der Waals surface area contributed by atoms with E-state index in [0.717, 1.165) is 28.2 Å². The molecule has 2 atom stereocenters. The fourth-order valence-electron chi connectivity index (χ4n) is 3.57. The van der Waals surface area contributed by atoms with Crippen LogP contribution < -0.4 is 10.1 Å². The number of hydrogen-bond acceptors (Lipinski definition) is 4. The van der Waals surface area contributed by atoms with Crippen LogP contribution in [-0.2, 0) is 0 Å². The number of phenolic OH excluding ortho intramolecular Hbond substituents is 1. The molecule has 3 aromatic carbocycles. The lowest BCUT2D eigenvalue weighted by molar-refractivity contribution is 0.412. The second-order valence-electron chi connectivity index (χ2n) is 7.10. The first-order valence-electron chi connectivity index (χ1n) is 9.45. The Morgan fingerprint density at radius 1 is 0.964 bits per heavy atom. The molecule has 4 heteroatoms. The lowest BCUT2D eigenvalue weighted by Gasteiger charge is -2.31. The number of aromatic hydroxyl groups is 1. The third-order valence-corrected chi connectivity index (χ3v) is 5.17. The number of ether oxygens (including phenoxy) is 1. The molecule has 2 N–H and O–H groups in total. The van der Waals surface area contributed by atoms with Crippen molar-refractivity contribution in [2.75, 3.05) is 7.11 Å². The van der Waals surface area contributed by atoms with Crippen LogP contribution in [0.2, 0.25) is 0 Å². The average Bonchev–Trinajstić information content (AvgIpc) is 2.74. The van der Waals surface area contributed by atoms with Crippen LogP contribution in [0.15, 0.2) is 77.8 Å². The van der Waals surface area contributed by atoms with Crippen LogP contribution in [0.3, 0.4) is 0 Å². The Hall–Kier alpha value is -3.11. The summed E-state index contributed by atoms with van der Waals surface area (Å²) in [5.74, 6) is 1.13. The highest BCUT2D eigenvalue weighted by Gasteiger charge is 2.27. The van der Waals surface area contributed by atoms with Gasteiger partial charge in [0.1, 0.15) is 17.7 Å². The summed E-state index contributed by atoms with van der Waals surface area (Å²) in [7, 11) is 1.67. The van der Waals surface area contributed by atoms with Gasteiger partial charge in [0, 0.05) is 23.7 Å². The SMILES string of the molecule is COc1ccc(C2=NC(c3ccc(C)cc3)NC(c3ccccc3O)C2)cc1. The van der Waals surface area contributed by atoms with E-state index in [4.69, 9.17) is 9.73 Å². The van der Waals surface area contributed by atoms with Gasteiger partial charge in [0.2, 0.25) is 0 Å². The zero-order chi connectivity index (χ0) is 19.5. The number of para-hydroxylation sites is 1. The summed E-state index contributed by atoms with van der Waals surface area (Å²) in [5, 5.41) is 14.0. The Balaban J connectivity index is 1.73. The van der Waals surface area contributed by atoms with Crippen molar-refractivity contribution < 1.29 is 9.84 Å². The molecule has 4 nitrogen and oxygen atoms in total. The van der Waals surface area contributed by atoms with E-state index in [1.165, 1.54) is 5.56 Å². The van der Waals surface area contributed by atoms with E-state index in [-0.39, 0.29) is 12.2 Å². The molecular weight excluding hydrogens is 348 g/mol. The van der Waals surface area contributed by atoms with Crippen LogP contribution in [0.4, 0.5) is 0 Å². The van der Waals surface area contributed by atoms with Gasteiger partial charge in [-0.05, 0) is 48.4 Å². The van der Waals surface area contributed by atoms with Gasteiger partial charge in [-0.1, -0.05) is 48.0 Å². The molecule has 0 aromatic heterocycles. The summed E-state index contributed by atoms with van der Waals surface area (Å²) in [6, 6.07) is 23.9. The summed E-state index contributed by atoms with van der Waals surface area (Å²) in [4.78, 5) is 5.00. The van der Waals surface area contributed by atoms with E-state index in [0.29, 0.717) is 12.2 Å². The highest BCUT2D eigenvalue weighted by Crippen LogP contribution is 2.34. The minimum absolute atomic E-state index is 0.0258. The molecule has 0 radical (unpaired) electrons. The van der Waals surface area contributed by atoms with E-state index in [1.54, 1.807) is 13.2 Å². The quantitative estimate of drug-likeness (QED) is 0.683. The summed E-state index contributed by atoms with van der Waals surface area (Å²) < 4.78 is 5.28. The molecule has 0 fully saturated rings. The number of methoxy groups -OCH3 is 1. The largest absolute Gasteiger partial charge is 0.508 e. The van der Waals surface area contributed by atoms with Gasteiger partial charge in [0.25, 0.3) is 0 Å². The van der Waals surface area contributed by atoms with Crippen molar-refractivity contribution in [1.29, 1.82) is 0 Å². The molecule has 28 heavy (non-hydrogen) atoms. The zero-order valence-corrected chi connectivity index (χ0v) is 16.1. The van der Waals surface area contributed by atoms with E-state index in [1.807, 2.05) is 42.5 Å². The highest BCUT2D eigenvalue weighted by molar-refractivity contribution is 6.01. The van der Waals surface area contributed by atoms with Crippen molar-refractivity contribution in [1.82, 2.24) is 5.32 Å². The Kier molecular flexibility index (Phi) is 5.13. The first-order valence-corrected chi connectivity index (χ1v) is 9.45. The molecule has 142 valence electrons. The molecule has 0 saturated heterocycles. The second-order valence-corrected chi connectivity index (χ2v) is 7.10. The molecule has 2 unspecified atom stereocenters. The van der Waals surface area contributed by atoms with Gasteiger partial charge >= 0.3 is 0 Å². The zero-order valence-electron chi connectivity index (χ0n) is 16.1. The van der Waals surface area contributed by atoms with E-state index >= 15 is 0 Å². The number of aliphatic imine (C=N–C) groups is 1. The van der Waals surface area contributed by atoms with Crippen LogP contribution in [-0.4, -0.2) is 17.9 Å². The van der Waals surface area contributed by atoms with E-state index in [9.17, 15) is 5.11 Å². The van der Waals surface area contributed by atoms with Gasteiger partial charge in [0.05, 0.1) is 7.11 Å². The Morgan fingerprint density at radius 2 is 1.68 bits per heavy atom. The van der Waals surface area contributed by atoms with Crippen LogP contribution >= 0.6 is 0 Å². The number of nitrogens with one attached hydrogen (secondary N) is 1. The minimum atomic E-state index is -0.170. The monoisotopic (exact) mass is 372 g/mol. The maximum Gasteiger partial charge on any atom is 0.126 e. The van der Waals surface area contributed by atoms with Gasteiger partial charge in [0.15, 0.2) is 0 Å². The first kappa shape index (κ1) is 18.3. The van der Waals surface area contributed by atoms with Gasteiger partial charge < -0.3 is 9.84 Å². The van der Waals surface area contributed by atoms with Crippen molar-refractivity contribution in [3.63, 3.8) is 0 Å². The summed E-state index contributed by atoms with van der Waals surface area (Å²) in [6.07, 6.45) is 0.530. The predicted octanol–water partition coefficient (Wildman–Crippen LogP) is 4.93. The fourth-order valence-corrected chi connectivity index (χ4v) is 3.57. The molecular formula is C24H24N2O2. The molecule has 0 spiro atoms. The predicted molar refractivity (Wildman–Crippen MR) is 112 cm³/mol. The van der Waals surface area contributed by atoms with Crippen molar-refractivity contribution in [3.05, 3.63) is 95.1 Å². The second kappa shape index (κ2) is 7.87. The number of aryl methyl sites for hydroxylation is 1. The minimum Gasteiger partial charge on any atom is -0.508 e. The van der Waals surface area contributed by atoms with Crippen molar-refractivity contribution >= 4 is 5.71 Å². The lowest BCUT2D eigenvalue weighted by Crippen LogP contribution is -2.33. The maximum absolute atomic E-state index is 10.4. The number of hydrogen-bond donors (Lipinski definition) is 2. The molecule has 3 aromatic rings. The van der Waals surface area contributed by atoms with Gasteiger partial charge in [-0.2, -0.15) is 0 Å². The summed E-state index contributed by atoms with van der Waals surface area (Å²) in [6.45, 7) is 2.08. The normalized spacial score (nSPS) is 19.1. The van der Waals surface area contributed by atoms with Crippen molar-refractivity contribution in [2.45, 2.75) is 25.6 Å². The Labute approximate surface area is 165 Å². The van der Waals surface area contributed by atoms with E-state index < -0.39 is 0 Å². The van der Waals surface area contributed by atoms with E-state index in [2.05, 4.69) is 36.5 Å². The topological polar surface area (TPSA) is 53.8 Å². The average molecular weight is 372 g/mol. The van der Waals surface area contributed by atoms with Crippen molar-refractivity contribution in [2.24, 2.45) is 4.99 Å². The van der Waals surface area contributed by atoms with Crippen LogP contribution in [0.1, 0.15) is 40.9 Å². The number of benzene rings is 3. The summed E-state index contributed by atoms with van der Waals surface area (Å²) >= 11 is 0. The molecule has 1 aliphatic heterocycles. The molecule has 1 aliphatic rings. The van der Waals surface area contributed by atoms with Crippen LogP contribution in [0.25, 0.3) is 0 Å². The van der Waals surface area contributed by atoms with Gasteiger partial charge in [-0.25, -0.2) is 0 Å².